The van der Waals surface area contributed by atoms with E-state index in [9.17, 15) is 0 Å². The molecule has 0 bridgehead atoms. The van der Waals surface area contributed by atoms with Crippen LogP contribution in [0.2, 0.25) is 0 Å². The molecule has 0 radical (unpaired) electrons. The number of allylic oxidation sites excluding steroid dienone is 1. The van der Waals surface area contributed by atoms with E-state index in [-0.39, 0.29) is 0 Å². The van der Waals surface area contributed by atoms with E-state index in [1.807, 2.05) is 25.1 Å². The maximum absolute atomic E-state index is 4.01. The van der Waals surface area contributed by atoms with Gasteiger partial charge in [0.2, 0.25) is 0 Å². The van der Waals surface area contributed by atoms with E-state index in [2.05, 4.69) is 28.4 Å². The first-order valence-corrected chi connectivity index (χ1v) is 5.24. The molecule has 1 heterocycles. The van der Waals surface area contributed by atoms with Crippen molar-refractivity contribution in [3.63, 3.8) is 0 Å². The number of hydrogen-bond donors (Lipinski definition) is 0. The monoisotopic (exact) mass is 202 g/mol. The molecule has 1 aromatic heterocycles. The van der Waals surface area contributed by atoms with Crippen molar-refractivity contribution in [1.82, 2.24) is 10.2 Å². The smallest absolute Gasteiger partial charge is 0.143 e. The number of nitrogens with zero attached hydrogens (tertiary/aromatic N) is 2. The van der Waals surface area contributed by atoms with Gasteiger partial charge in [-0.15, -0.1) is 21.5 Å². The first-order chi connectivity index (χ1) is 6.86. The van der Waals surface area contributed by atoms with Crippen molar-refractivity contribution in [3.05, 3.63) is 46.4 Å². The molecule has 0 saturated carbocycles. The Morgan fingerprint density at radius 3 is 2.71 bits per heavy atom. The molecule has 0 N–H and O–H groups in total. The molecule has 70 valence electrons. The van der Waals surface area contributed by atoms with Gasteiger partial charge in [0.15, 0.2) is 0 Å². The zero-order chi connectivity index (χ0) is 9.80. The second-order valence-electron chi connectivity index (χ2n) is 2.98. The van der Waals surface area contributed by atoms with E-state index < -0.39 is 0 Å². The molecule has 0 saturated heterocycles. The van der Waals surface area contributed by atoms with Gasteiger partial charge in [-0.25, -0.2) is 0 Å². The minimum Gasteiger partial charge on any atom is -0.147 e. The van der Waals surface area contributed by atoms with Crippen LogP contribution in [0.5, 0.6) is 0 Å². The van der Waals surface area contributed by atoms with Crippen molar-refractivity contribution < 1.29 is 0 Å². The fourth-order valence-electron chi connectivity index (χ4n) is 1.21. The van der Waals surface area contributed by atoms with Crippen molar-refractivity contribution in [2.45, 2.75) is 6.92 Å². The predicted molar refractivity (Wildman–Crippen MR) is 59.9 cm³/mol. The highest BCUT2D eigenvalue weighted by Crippen LogP contribution is 2.18. The van der Waals surface area contributed by atoms with Crippen molar-refractivity contribution in [3.8, 4) is 0 Å². The largest absolute Gasteiger partial charge is 0.147 e. The average molecular weight is 202 g/mol. The highest BCUT2D eigenvalue weighted by molar-refractivity contribution is 7.10. The Morgan fingerprint density at radius 2 is 2.07 bits per heavy atom. The maximum atomic E-state index is 4.01. The zero-order valence-corrected chi connectivity index (χ0v) is 8.66. The second-order valence-corrected chi connectivity index (χ2v) is 3.82. The Morgan fingerprint density at radius 1 is 1.29 bits per heavy atom. The van der Waals surface area contributed by atoms with Crippen molar-refractivity contribution in [2.75, 3.05) is 0 Å². The lowest BCUT2D eigenvalue weighted by Gasteiger charge is -1.95. The van der Waals surface area contributed by atoms with Gasteiger partial charge in [-0.1, -0.05) is 30.3 Å². The minimum absolute atomic E-state index is 0.980. The minimum atomic E-state index is 0.980. The van der Waals surface area contributed by atoms with E-state index in [1.165, 1.54) is 5.56 Å². The Bertz CT molecular complexity index is 418. The summed E-state index contributed by atoms with van der Waals surface area (Å²) < 4.78 is 0. The molecule has 0 aliphatic heterocycles. The molecule has 0 spiro atoms. The Kier molecular flexibility index (Phi) is 2.70. The summed E-state index contributed by atoms with van der Waals surface area (Å²) >= 11 is 1.56. The van der Waals surface area contributed by atoms with Crippen molar-refractivity contribution in [2.24, 2.45) is 0 Å². The highest BCUT2D eigenvalue weighted by atomic mass is 32.1. The van der Waals surface area contributed by atoms with Crippen molar-refractivity contribution >= 4 is 23.0 Å². The van der Waals surface area contributed by atoms with Gasteiger partial charge in [-0.3, -0.25) is 0 Å². The fraction of sp³-hybridized carbons (Fsp3) is 0.0909. The second kappa shape index (κ2) is 4.15. The van der Waals surface area contributed by atoms with E-state index in [4.69, 9.17) is 0 Å². The molecule has 3 heteroatoms. The van der Waals surface area contributed by atoms with Crippen LogP contribution in [0.25, 0.3) is 11.6 Å². The summed E-state index contributed by atoms with van der Waals surface area (Å²) in [5.41, 5.74) is 4.09. The van der Waals surface area contributed by atoms with Gasteiger partial charge in [-0.05, 0) is 24.1 Å². The van der Waals surface area contributed by atoms with Crippen LogP contribution in [-0.4, -0.2) is 10.2 Å². The van der Waals surface area contributed by atoms with Gasteiger partial charge in [0.1, 0.15) is 10.5 Å². The van der Waals surface area contributed by atoms with Crippen LogP contribution in [0.4, 0.5) is 0 Å². The molecule has 2 rings (SSSR count). The third-order valence-electron chi connectivity index (χ3n) is 1.88. The molecule has 0 aliphatic rings. The Hall–Kier alpha value is -1.48. The van der Waals surface area contributed by atoms with Crippen LogP contribution in [0.3, 0.4) is 0 Å². The third kappa shape index (κ3) is 2.06. The quantitative estimate of drug-likeness (QED) is 0.747. The fourth-order valence-corrected chi connectivity index (χ4v) is 1.74. The number of hydrogen-bond acceptors (Lipinski definition) is 3. The van der Waals surface area contributed by atoms with Crippen LogP contribution >= 0.6 is 11.3 Å². The summed E-state index contributed by atoms with van der Waals surface area (Å²) in [6.45, 7) is 2.05. The molecule has 14 heavy (non-hydrogen) atoms. The summed E-state index contributed by atoms with van der Waals surface area (Å²) in [4.78, 5) is 0. The molecular formula is C11H10N2S. The third-order valence-corrected chi connectivity index (χ3v) is 2.71. The number of rotatable bonds is 2. The maximum Gasteiger partial charge on any atom is 0.143 e. The van der Waals surface area contributed by atoms with Gasteiger partial charge in [-0.2, -0.15) is 0 Å². The van der Waals surface area contributed by atoms with Crippen molar-refractivity contribution in [1.29, 1.82) is 0 Å². The normalized spacial score (nSPS) is 11.6. The highest BCUT2D eigenvalue weighted by Gasteiger charge is 1.98. The summed E-state index contributed by atoms with van der Waals surface area (Å²) in [6, 6.07) is 10.2. The molecule has 0 aliphatic carbocycles. The standard InChI is InChI=1S/C11H10N2S/c1-9(11-13-12-8-14-11)7-10-5-3-2-4-6-10/h2-8H,1H3. The molecule has 2 aromatic rings. The van der Waals surface area contributed by atoms with Crippen LogP contribution in [0.1, 0.15) is 17.5 Å². The van der Waals surface area contributed by atoms with Gasteiger partial charge in [0.05, 0.1) is 0 Å². The molecule has 0 fully saturated rings. The van der Waals surface area contributed by atoms with Gasteiger partial charge >= 0.3 is 0 Å². The summed E-state index contributed by atoms with van der Waals surface area (Å²) in [5, 5.41) is 8.81. The lowest BCUT2D eigenvalue weighted by Crippen LogP contribution is -1.78. The van der Waals surface area contributed by atoms with Gasteiger partial charge in [0.25, 0.3) is 0 Å². The zero-order valence-electron chi connectivity index (χ0n) is 7.84. The molecule has 1 aromatic carbocycles. The van der Waals surface area contributed by atoms with E-state index in [0.717, 1.165) is 10.6 Å². The first kappa shape index (κ1) is 9.09. The topological polar surface area (TPSA) is 25.8 Å². The Labute approximate surface area is 86.9 Å². The van der Waals surface area contributed by atoms with Crippen LogP contribution < -0.4 is 0 Å². The van der Waals surface area contributed by atoms with Crippen LogP contribution in [0, 0.1) is 0 Å². The van der Waals surface area contributed by atoms with E-state index >= 15 is 0 Å². The molecule has 0 unspecified atom stereocenters. The number of benzene rings is 1. The molecule has 2 nitrogen and oxygen atoms in total. The van der Waals surface area contributed by atoms with Gasteiger partial charge < -0.3 is 0 Å². The lowest BCUT2D eigenvalue weighted by molar-refractivity contribution is 1.07. The van der Waals surface area contributed by atoms with E-state index in [1.54, 1.807) is 16.8 Å². The van der Waals surface area contributed by atoms with Crippen LogP contribution in [-0.2, 0) is 0 Å². The first-order valence-electron chi connectivity index (χ1n) is 4.36. The summed E-state index contributed by atoms with van der Waals surface area (Å²) in [7, 11) is 0. The SMILES string of the molecule is CC(=Cc1ccccc1)c1nncs1. The summed E-state index contributed by atoms with van der Waals surface area (Å²) in [6.07, 6.45) is 2.11. The Balaban J connectivity index is 2.28. The molecular weight excluding hydrogens is 192 g/mol. The molecule has 0 atom stereocenters. The van der Waals surface area contributed by atoms with E-state index in [0.29, 0.717) is 0 Å². The average Bonchev–Trinajstić information content (AvgIpc) is 2.72. The predicted octanol–water partition coefficient (Wildman–Crippen LogP) is 3.10. The summed E-state index contributed by atoms with van der Waals surface area (Å²) in [5.74, 6) is 0. The lowest BCUT2D eigenvalue weighted by atomic mass is 10.1. The van der Waals surface area contributed by atoms with Crippen LogP contribution in [0.15, 0.2) is 35.8 Å². The molecule has 0 amide bonds. The van der Waals surface area contributed by atoms with Gasteiger partial charge in [0, 0.05) is 0 Å². The number of aromatic nitrogens is 2.